The van der Waals surface area contributed by atoms with E-state index in [1.807, 2.05) is 0 Å². The summed E-state index contributed by atoms with van der Waals surface area (Å²) >= 11 is 2.88. The van der Waals surface area contributed by atoms with Crippen LogP contribution in [0, 0.1) is 6.92 Å². The van der Waals surface area contributed by atoms with E-state index in [-0.39, 0.29) is 28.1 Å². The summed E-state index contributed by atoms with van der Waals surface area (Å²) in [4.78, 5) is 25.3. The number of carbonyl (C=O) groups is 2. The molecule has 0 bridgehead atoms. The molecule has 3 heterocycles. The second-order valence-corrected chi connectivity index (χ2v) is 7.44. The number of furan rings is 1. The van der Waals surface area contributed by atoms with Gasteiger partial charge in [0.25, 0.3) is 5.91 Å². The fourth-order valence-electron chi connectivity index (χ4n) is 2.87. The lowest BCUT2D eigenvalue weighted by atomic mass is 10.2. The SMILES string of the molecule is Cc1c(Br)c(C(F)(F)F)nn1C(C)C(=O)Nc1cnn(C)c1C(=O)NCc1ccco1. The summed E-state index contributed by atoms with van der Waals surface area (Å²) in [5, 5.41) is 12.7. The summed E-state index contributed by atoms with van der Waals surface area (Å²) in [7, 11) is 1.52. The lowest BCUT2D eigenvalue weighted by molar-refractivity contribution is -0.142. The van der Waals surface area contributed by atoms with Gasteiger partial charge in [-0.3, -0.25) is 19.0 Å². The Morgan fingerprint density at radius 2 is 2.06 bits per heavy atom. The average Bonchev–Trinajstić information content (AvgIpc) is 3.40. The molecule has 0 aliphatic heterocycles. The number of rotatable bonds is 6. The van der Waals surface area contributed by atoms with E-state index in [4.69, 9.17) is 4.42 Å². The zero-order valence-corrected chi connectivity index (χ0v) is 18.2. The molecule has 0 saturated heterocycles. The predicted molar refractivity (Wildman–Crippen MR) is 106 cm³/mol. The number of nitrogens with zero attached hydrogens (tertiary/aromatic N) is 4. The highest BCUT2D eigenvalue weighted by atomic mass is 79.9. The van der Waals surface area contributed by atoms with Crippen molar-refractivity contribution in [3.05, 3.63) is 51.9 Å². The molecule has 0 saturated carbocycles. The minimum absolute atomic E-state index is 0.0708. The molecule has 9 nitrogen and oxygen atoms in total. The van der Waals surface area contributed by atoms with Crippen molar-refractivity contribution in [3.8, 4) is 0 Å². The molecule has 1 atom stereocenters. The third kappa shape index (κ3) is 4.65. The monoisotopic (exact) mass is 502 g/mol. The van der Waals surface area contributed by atoms with Crippen LogP contribution in [0.1, 0.15) is 40.6 Å². The van der Waals surface area contributed by atoms with Gasteiger partial charge in [0.2, 0.25) is 5.91 Å². The number of halogens is 4. The number of aryl methyl sites for hydroxylation is 1. The Kier molecular flexibility index (Phi) is 6.25. The first-order valence-corrected chi connectivity index (χ1v) is 9.75. The molecule has 31 heavy (non-hydrogen) atoms. The highest BCUT2D eigenvalue weighted by molar-refractivity contribution is 9.10. The molecule has 0 aromatic carbocycles. The Morgan fingerprint density at radius 3 is 2.65 bits per heavy atom. The van der Waals surface area contributed by atoms with Crippen molar-refractivity contribution >= 4 is 33.4 Å². The second kappa shape index (κ2) is 8.57. The van der Waals surface area contributed by atoms with Crippen LogP contribution in [0.15, 0.2) is 33.5 Å². The molecule has 2 amide bonds. The van der Waals surface area contributed by atoms with Crippen LogP contribution in [-0.4, -0.2) is 31.4 Å². The maximum Gasteiger partial charge on any atom is 0.436 e. The molecular weight excluding hydrogens is 485 g/mol. The van der Waals surface area contributed by atoms with E-state index in [0.717, 1.165) is 4.68 Å². The number of anilines is 1. The molecule has 0 fully saturated rings. The van der Waals surface area contributed by atoms with Crippen molar-refractivity contribution in [1.29, 1.82) is 0 Å². The summed E-state index contributed by atoms with van der Waals surface area (Å²) < 4.78 is 46.5. The van der Waals surface area contributed by atoms with Crippen molar-refractivity contribution in [1.82, 2.24) is 24.9 Å². The van der Waals surface area contributed by atoms with Crippen molar-refractivity contribution in [3.63, 3.8) is 0 Å². The Hall–Kier alpha value is -3.09. The van der Waals surface area contributed by atoms with Gasteiger partial charge in [0.05, 0.1) is 34.9 Å². The second-order valence-electron chi connectivity index (χ2n) is 6.65. The van der Waals surface area contributed by atoms with Gasteiger partial charge in [0.15, 0.2) is 5.69 Å². The average molecular weight is 503 g/mol. The lowest BCUT2D eigenvalue weighted by Crippen LogP contribution is -2.29. The van der Waals surface area contributed by atoms with E-state index in [2.05, 4.69) is 36.8 Å². The largest absolute Gasteiger partial charge is 0.467 e. The molecule has 3 aromatic heterocycles. The van der Waals surface area contributed by atoms with Crippen LogP contribution in [0.25, 0.3) is 0 Å². The fraction of sp³-hybridized carbons (Fsp3) is 0.333. The van der Waals surface area contributed by atoms with E-state index in [1.165, 1.54) is 38.0 Å². The summed E-state index contributed by atoms with van der Waals surface area (Å²) in [5.41, 5.74) is -0.806. The smallest absolute Gasteiger partial charge is 0.436 e. The van der Waals surface area contributed by atoms with Crippen LogP contribution in [-0.2, 0) is 24.6 Å². The molecule has 0 spiro atoms. The maximum atomic E-state index is 13.1. The molecule has 0 aliphatic carbocycles. The van der Waals surface area contributed by atoms with Gasteiger partial charge in [-0.15, -0.1) is 0 Å². The molecule has 0 aliphatic rings. The Labute approximate surface area is 182 Å². The zero-order valence-electron chi connectivity index (χ0n) is 16.6. The molecule has 166 valence electrons. The van der Waals surface area contributed by atoms with Crippen LogP contribution in [0.2, 0.25) is 0 Å². The van der Waals surface area contributed by atoms with Gasteiger partial charge < -0.3 is 15.1 Å². The summed E-state index contributed by atoms with van der Waals surface area (Å²) in [5.74, 6) is -0.647. The zero-order chi connectivity index (χ0) is 22.9. The first-order valence-electron chi connectivity index (χ1n) is 8.96. The van der Waals surface area contributed by atoms with Crippen molar-refractivity contribution in [2.24, 2.45) is 7.05 Å². The quantitative estimate of drug-likeness (QED) is 0.536. The first kappa shape index (κ1) is 22.6. The molecule has 1 unspecified atom stereocenters. The Bertz CT molecular complexity index is 1100. The number of hydrogen-bond acceptors (Lipinski definition) is 5. The van der Waals surface area contributed by atoms with Gasteiger partial charge in [-0.05, 0) is 41.9 Å². The third-order valence-corrected chi connectivity index (χ3v) is 5.46. The lowest BCUT2D eigenvalue weighted by Gasteiger charge is -2.15. The van der Waals surface area contributed by atoms with Crippen LogP contribution in [0.4, 0.5) is 18.9 Å². The summed E-state index contributed by atoms with van der Waals surface area (Å²) in [6.45, 7) is 2.93. The van der Waals surface area contributed by atoms with Gasteiger partial charge in [0, 0.05) is 7.05 Å². The first-order chi connectivity index (χ1) is 14.5. The Balaban J connectivity index is 1.77. The summed E-state index contributed by atoms with van der Waals surface area (Å²) in [6, 6.07) is 2.28. The van der Waals surface area contributed by atoms with Crippen molar-refractivity contribution in [2.75, 3.05) is 5.32 Å². The van der Waals surface area contributed by atoms with Gasteiger partial charge in [-0.1, -0.05) is 0 Å². The number of aromatic nitrogens is 4. The Morgan fingerprint density at radius 1 is 1.35 bits per heavy atom. The molecular formula is C18H18BrF3N6O3. The van der Waals surface area contributed by atoms with Crippen LogP contribution < -0.4 is 10.6 Å². The van der Waals surface area contributed by atoms with Crippen LogP contribution in [0.3, 0.4) is 0 Å². The minimum Gasteiger partial charge on any atom is -0.467 e. The minimum atomic E-state index is -4.67. The van der Waals surface area contributed by atoms with Gasteiger partial charge in [-0.25, -0.2) is 0 Å². The van der Waals surface area contributed by atoms with E-state index < -0.39 is 29.7 Å². The molecule has 3 rings (SSSR count). The van der Waals surface area contributed by atoms with Crippen molar-refractivity contribution < 1.29 is 27.2 Å². The van der Waals surface area contributed by atoms with E-state index in [9.17, 15) is 22.8 Å². The van der Waals surface area contributed by atoms with Crippen molar-refractivity contribution in [2.45, 2.75) is 32.6 Å². The number of carbonyl (C=O) groups excluding carboxylic acids is 2. The number of alkyl halides is 3. The number of hydrogen-bond donors (Lipinski definition) is 2. The van der Waals surface area contributed by atoms with Crippen LogP contribution >= 0.6 is 15.9 Å². The van der Waals surface area contributed by atoms with E-state index in [1.54, 1.807) is 12.1 Å². The molecule has 2 N–H and O–H groups in total. The van der Waals surface area contributed by atoms with E-state index >= 15 is 0 Å². The van der Waals surface area contributed by atoms with Gasteiger partial charge >= 0.3 is 6.18 Å². The molecule has 0 radical (unpaired) electrons. The molecule has 13 heteroatoms. The van der Waals surface area contributed by atoms with Crippen LogP contribution in [0.5, 0.6) is 0 Å². The van der Waals surface area contributed by atoms with Gasteiger partial charge in [0.1, 0.15) is 17.5 Å². The highest BCUT2D eigenvalue weighted by Gasteiger charge is 2.39. The van der Waals surface area contributed by atoms with E-state index in [0.29, 0.717) is 5.76 Å². The third-order valence-electron chi connectivity index (χ3n) is 4.51. The fourth-order valence-corrected chi connectivity index (χ4v) is 3.35. The normalized spacial score (nSPS) is 12.6. The standard InChI is InChI=1S/C18H18BrF3N6O3/c1-9-13(19)15(18(20,21)22)26-28(9)10(2)16(29)25-12-8-24-27(3)14(12)17(30)23-7-11-5-4-6-31-11/h4-6,8,10H,7H2,1-3H3,(H,23,30)(H,25,29). The number of nitrogens with one attached hydrogen (secondary N) is 2. The van der Waals surface area contributed by atoms with Gasteiger partial charge in [-0.2, -0.15) is 23.4 Å². The molecule has 3 aromatic rings. The predicted octanol–water partition coefficient (Wildman–Crippen LogP) is 3.43. The topological polar surface area (TPSA) is 107 Å². The summed E-state index contributed by atoms with van der Waals surface area (Å²) in [6.07, 6.45) is -1.93. The highest BCUT2D eigenvalue weighted by Crippen LogP contribution is 2.36. The number of amides is 2. The maximum absolute atomic E-state index is 13.1.